The number of morpholine rings is 1. The Bertz CT molecular complexity index is 665. The summed E-state index contributed by atoms with van der Waals surface area (Å²) < 4.78 is 7.59. The summed E-state index contributed by atoms with van der Waals surface area (Å²) in [6.45, 7) is 6.52. The number of carbonyl (C=O) groups is 1. The lowest BCUT2D eigenvalue weighted by atomic mass is 10.1. The summed E-state index contributed by atoms with van der Waals surface area (Å²) in [5.41, 5.74) is 2.47. The van der Waals surface area contributed by atoms with Crippen LogP contribution in [0.5, 0.6) is 0 Å². The van der Waals surface area contributed by atoms with Crippen LogP contribution in [-0.2, 0) is 11.3 Å². The highest BCUT2D eigenvalue weighted by Crippen LogP contribution is 2.21. The van der Waals surface area contributed by atoms with Gasteiger partial charge in [0.15, 0.2) is 0 Å². The third-order valence-corrected chi connectivity index (χ3v) is 3.93. The number of aryl methyl sites for hydroxylation is 2. The fraction of sp³-hybridized carbons (Fsp3) is 0.471. The van der Waals surface area contributed by atoms with Crippen LogP contribution in [0.25, 0.3) is 0 Å². The summed E-state index contributed by atoms with van der Waals surface area (Å²) in [5.74, 6) is -0.0414. The van der Waals surface area contributed by atoms with Crippen molar-refractivity contribution in [1.29, 1.82) is 0 Å². The lowest BCUT2D eigenvalue weighted by molar-refractivity contribution is -0.0249. The Morgan fingerprint density at radius 1 is 1.39 bits per heavy atom. The molecule has 0 spiro atoms. The molecule has 3 rings (SSSR count). The van der Waals surface area contributed by atoms with E-state index >= 15 is 0 Å². The van der Waals surface area contributed by atoms with Crippen LogP contribution in [0.3, 0.4) is 0 Å². The third-order valence-electron chi connectivity index (χ3n) is 3.93. The van der Waals surface area contributed by atoms with Crippen LogP contribution in [0.1, 0.15) is 41.2 Å². The minimum atomic E-state index is -0.175. The molecular weight excluding hydrogens is 292 g/mol. The van der Waals surface area contributed by atoms with Crippen molar-refractivity contribution in [3.63, 3.8) is 0 Å². The summed E-state index contributed by atoms with van der Waals surface area (Å²) in [4.78, 5) is 18.8. The quantitative estimate of drug-likeness (QED) is 0.868. The lowest BCUT2D eigenvalue weighted by Crippen LogP contribution is -2.42. The zero-order chi connectivity index (χ0) is 16.2. The number of aromatic nitrogens is 3. The molecule has 23 heavy (non-hydrogen) atoms. The SMILES string of the molecule is CCCn1ccc(C(=O)N2CCO[C@H](c3ccc(C)cn3)C2)n1. The van der Waals surface area contributed by atoms with Crippen molar-refractivity contribution in [3.8, 4) is 0 Å². The monoisotopic (exact) mass is 314 g/mol. The van der Waals surface area contributed by atoms with Gasteiger partial charge in [-0.05, 0) is 31.0 Å². The van der Waals surface area contributed by atoms with Crippen LogP contribution in [-0.4, -0.2) is 45.3 Å². The summed E-state index contributed by atoms with van der Waals surface area (Å²) in [5, 5.41) is 4.35. The summed E-state index contributed by atoms with van der Waals surface area (Å²) >= 11 is 0. The summed E-state index contributed by atoms with van der Waals surface area (Å²) in [6, 6.07) is 5.76. The van der Waals surface area contributed by atoms with E-state index in [1.54, 1.807) is 11.0 Å². The Balaban J connectivity index is 1.69. The first-order valence-electron chi connectivity index (χ1n) is 8.04. The highest BCUT2D eigenvalue weighted by atomic mass is 16.5. The Labute approximate surface area is 136 Å². The van der Waals surface area contributed by atoms with E-state index in [-0.39, 0.29) is 12.0 Å². The van der Waals surface area contributed by atoms with Crippen LogP contribution in [0.4, 0.5) is 0 Å². The molecular formula is C17H22N4O2. The van der Waals surface area contributed by atoms with Gasteiger partial charge in [-0.3, -0.25) is 14.5 Å². The Hall–Kier alpha value is -2.21. The maximum atomic E-state index is 12.6. The molecule has 122 valence electrons. The van der Waals surface area contributed by atoms with Crippen molar-refractivity contribution in [2.75, 3.05) is 19.7 Å². The molecule has 6 nitrogen and oxygen atoms in total. The molecule has 2 aromatic heterocycles. The molecule has 3 heterocycles. The van der Waals surface area contributed by atoms with Gasteiger partial charge in [0.1, 0.15) is 11.8 Å². The molecule has 0 N–H and O–H groups in total. The second kappa shape index (κ2) is 6.91. The van der Waals surface area contributed by atoms with Gasteiger partial charge in [-0.15, -0.1) is 0 Å². The molecule has 0 saturated carbocycles. The van der Waals surface area contributed by atoms with E-state index in [9.17, 15) is 4.79 Å². The molecule has 0 aromatic carbocycles. The molecule has 0 bridgehead atoms. The average Bonchev–Trinajstić information content (AvgIpc) is 3.04. The molecule has 6 heteroatoms. The maximum absolute atomic E-state index is 12.6. The van der Waals surface area contributed by atoms with Gasteiger partial charge in [0, 0.05) is 25.5 Å². The second-order valence-corrected chi connectivity index (χ2v) is 5.84. The zero-order valence-electron chi connectivity index (χ0n) is 13.6. The first-order valence-corrected chi connectivity index (χ1v) is 8.04. The van der Waals surface area contributed by atoms with Gasteiger partial charge < -0.3 is 9.64 Å². The second-order valence-electron chi connectivity index (χ2n) is 5.84. The van der Waals surface area contributed by atoms with Crippen LogP contribution < -0.4 is 0 Å². The minimum Gasteiger partial charge on any atom is -0.368 e. The molecule has 0 radical (unpaired) electrons. The molecule has 0 unspecified atom stereocenters. The molecule has 1 atom stereocenters. The zero-order valence-corrected chi connectivity index (χ0v) is 13.6. The highest BCUT2D eigenvalue weighted by Gasteiger charge is 2.27. The van der Waals surface area contributed by atoms with Crippen molar-refractivity contribution in [3.05, 3.63) is 47.5 Å². The third kappa shape index (κ3) is 3.59. The van der Waals surface area contributed by atoms with Gasteiger partial charge >= 0.3 is 0 Å². The van der Waals surface area contributed by atoms with Gasteiger partial charge in [0.2, 0.25) is 0 Å². The van der Waals surface area contributed by atoms with E-state index < -0.39 is 0 Å². The van der Waals surface area contributed by atoms with Crippen LogP contribution >= 0.6 is 0 Å². The predicted molar refractivity (Wildman–Crippen MR) is 86.1 cm³/mol. The highest BCUT2D eigenvalue weighted by molar-refractivity contribution is 5.92. The van der Waals surface area contributed by atoms with Crippen LogP contribution in [0, 0.1) is 6.92 Å². The van der Waals surface area contributed by atoms with E-state index in [2.05, 4.69) is 17.0 Å². The fourth-order valence-electron chi connectivity index (χ4n) is 2.67. The molecule has 1 aliphatic heterocycles. The van der Waals surface area contributed by atoms with Gasteiger partial charge in [0.05, 0.1) is 18.8 Å². The van der Waals surface area contributed by atoms with Gasteiger partial charge in [0.25, 0.3) is 5.91 Å². The number of hydrogen-bond acceptors (Lipinski definition) is 4. The van der Waals surface area contributed by atoms with Crippen molar-refractivity contribution in [2.24, 2.45) is 0 Å². The van der Waals surface area contributed by atoms with Gasteiger partial charge in [-0.25, -0.2) is 0 Å². The normalized spacial score (nSPS) is 18.2. The van der Waals surface area contributed by atoms with E-state index in [0.29, 0.717) is 25.4 Å². The Morgan fingerprint density at radius 3 is 3.00 bits per heavy atom. The van der Waals surface area contributed by atoms with Gasteiger partial charge in [-0.2, -0.15) is 5.10 Å². The van der Waals surface area contributed by atoms with Crippen LogP contribution in [0.15, 0.2) is 30.6 Å². The number of pyridine rings is 1. The number of amides is 1. The van der Waals surface area contributed by atoms with E-state index in [4.69, 9.17) is 4.74 Å². The molecule has 1 aliphatic rings. The number of rotatable bonds is 4. The minimum absolute atomic E-state index is 0.0414. The van der Waals surface area contributed by atoms with E-state index in [1.807, 2.05) is 36.1 Å². The summed E-state index contributed by atoms with van der Waals surface area (Å²) in [6.07, 6.45) is 4.50. The Morgan fingerprint density at radius 2 is 2.26 bits per heavy atom. The molecule has 1 amide bonds. The van der Waals surface area contributed by atoms with E-state index in [0.717, 1.165) is 24.2 Å². The van der Waals surface area contributed by atoms with Crippen molar-refractivity contribution >= 4 is 5.91 Å². The first kappa shape index (κ1) is 15.7. The Kier molecular flexibility index (Phi) is 4.71. The predicted octanol–water partition coefficient (Wildman–Crippen LogP) is 2.21. The number of ether oxygens (including phenoxy) is 1. The number of carbonyl (C=O) groups excluding carboxylic acids is 1. The summed E-state index contributed by atoms with van der Waals surface area (Å²) in [7, 11) is 0. The lowest BCUT2D eigenvalue weighted by Gasteiger charge is -2.32. The molecule has 2 aromatic rings. The standard InChI is InChI=1S/C17H22N4O2/c1-3-7-21-8-6-15(19-21)17(22)20-9-10-23-16(12-20)14-5-4-13(2)11-18-14/h4-6,8,11,16H,3,7,9-10,12H2,1-2H3/t16-/m0/s1. The van der Waals surface area contributed by atoms with Gasteiger partial charge in [-0.1, -0.05) is 13.0 Å². The molecule has 1 fully saturated rings. The maximum Gasteiger partial charge on any atom is 0.274 e. The van der Waals surface area contributed by atoms with Crippen molar-refractivity contribution < 1.29 is 9.53 Å². The fourth-order valence-corrected chi connectivity index (χ4v) is 2.67. The number of nitrogens with zero attached hydrogens (tertiary/aromatic N) is 4. The van der Waals surface area contributed by atoms with Crippen molar-refractivity contribution in [2.45, 2.75) is 32.9 Å². The molecule has 1 saturated heterocycles. The van der Waals surface area contributed by atoms with Crippen LogP contribution in [0.2, 0.25) is 0 Å². The number of hydrogen-bond donors (Lipinski definition) is 0. The smallest absolute Gasteiger partial charge is 0.274 e. The average molecular weight is 314 g/mol. The van der Waals surface area contributed by atoms with Crippen molar-refractivity contribution in [1.82, 2.24) is 19.7 Å². The largest absolute Gasteiger partial charge is 0.368 e. The van der Waals surface area contributed by atoms with E-state index in [1.165, 1.54) is 0 Å². The topological polar surface area (TPSA) is 60.2 Å². The first-order chi connectivity index (χ1) is 11.2. The molecule has 0 aliphatic carbocycles.